The van der Waals surface area contributed by atoms with Gasteiger partial charge < -0.3 is 14.8 Å². The molecule has 1 N–H and O–H groups in total. The maximum absolute atomic E-state index is 12.1. The van der Waals surface area contributed by atoms with E-state index >= 15 is 0 Å². The molecule has 1 atom stereocenters. The van der Waals surface area contributed by atoms with Crippen LogP contribution in [-0.2, 0) is 9.59 Å². The molecule has 2 aliphatic rings. The summed E-state index contributed by atoms with van der Waals surface area (Å²) in [6.07, 6.45) is 7.87. The maximum atomic E-state index is 12.1. The molecule has 2 fully saturated rings. The summed E-state index contributed by atoms with van der Waals surface area (Å²) in [4.78, 5) is 41.5. The lowest BCUT2D eigenvalue weighted by molar-refractivity contribution is -0.125. The summed E-state index contributed by atoms with van der Waals surface area (Å²) in [5, 5.41) is 3.43. The smallest absolute Gasteiger partial charge is 0.288 e. The molecule has 3 amide bonds. The first-order valence-electron chi connectivity index (χ1n) is 10.9. The molecule has 0 unspecified atom stereocenters. The number of carbonyl (C=O) groups excluding carboxylic acids is 3. The van der Waals surface area contributed by atoms with E-state index in [2.05, 4.69) is 10.3 Å². The number of ether oxygens (including phenoxy) is 2. The predicted molar refractivity (Wildman–Crippen MR) is 133 cm³/mol. The van der Waals surface area contributed by atoms with Crippen molar-refractivity contribution in [3.05, 3.63) is 40.4 Å². The lowest BCUT2D eigenvalue weighted by atomic mass is 10.2. The summed E-state index contributed by atoms with van der Waals surface area (Å²) >= 11 is 8.63. The molecule has 2 heterocycles. The molecule has 4 rings (SSSR count). The minimum absolute atomic E-state index is 0.0694. The molecule has 2 aromatic rings. The minimum atomic E-state index is -0.298. The van der Waals surface area contributed by atoms with Gasteiger partial charge in [-0.2, -0.15) is 0 Å². The minimum Gasteiger partial charge on any atom is -0.493 e. The van der Waals surface area contributed by atoms with E-state index in [-0.39, 0.29) is 41.8 Å². The average Bonchev–Trinajstić information content (AvgIpc) is 3.44. The van der Waals surface area contributed by atoms with Gasteiger partial charge in [0, 0.05) is 31.3 Å². The van der Waals surface area contributed by atoms with Crippen molar-refractivity contribution in [2.24, 2.45) is 5.92 Å². The zero-order valence-electron chi connectivity index (χ0n) is 18.5. The van der Waals surface area contributed by atoms with Crippen molar-refractivity contribution in [3.8, 4) is 16.7 Å². The molecule has 1 saturated carbocycles. The fraction of sp³-hybridized carbons (Fsp3) is 0.391. The quantitative estimate of drug-likeness (QED) is 0.445. The molecule has 0 bridgehead atoms. The number of thioether (sulfide) groups is 1. The number of carbonyl (C=O) groups is 3. The second-order valence-corrected chi connectivity index (χ2v) is 10.4. The molecule has 1 aromatic carbocycles. The Morgan fingerprint density at radius 3 is 2.91 bits per heavy atom. The van der Waals surface area contributed by atoms with Gasteiger partial charge in [-0.05, 0) is 43.9 Å². The molecule has 1 saturated heterocycles. The molecule has 180 valence electrons. The first-order chi connectivity index (χ1) is 16.4. The maximum Gasteiger partial charge on any atom is 0.288 e. The highest BCUT2D eigenvalue weighted by Gasteiger charge is 2.29. The normalized spacial score (nSPS) is 16.8. The molecule has 8 nitrogen and oxygen atoms in total. The van der Waals surface area contributed by atoms with Gasteiger partial charge in [0.15, 0.2) is 0 Å². The SMILES string of the molecule is C[C@@H](/C=C/c1cnc(Oc2ccc(OCC3CC3)cc2Cl)s1)NC(=O)CCN1C(=O)CSC1=O. The molecular formula is C23H24ClN3O5S2. The summed E-state index contributed by atoms with van der Waals surface area (Å²) in [6, 6.07) is 5.10. The number of benzene rings is 1. The number of nitrogens with zero attached hydrogens (tertiary/aromatic N) is 2. The van der Waals surface area contributed by atoms with Gasteiger partial charge in [0.05, 0.1) is 22.3 Å². The van der Waals surface area contributed by atoms with Crippen LogP contribution in [0, 0.1) is 5.92 Å². The summed E-state index contributed by atoms with van der Waals surface area (Å²) in [7, 11) is 0. The van der Waals surface area contributed by atoms with Crippen LogP contribution in [0.3, 0.4) is 0 Å². The van der Waals surface area contributed by atoms with Gasteiger partial charge in [0.1, 0.15) is 11.5 Å². The standard InChI is InChI=1S/C23H24ClN3O5S2/c1-14(26-20(28)8-9-27-21(29)13-33-23(27)30)2-6-17-11-25-22(34-17)32-19-7-5-16(10-18(19)24)31-12-15-3-4-15/h2,5-7,10-11,14-15H,3-4,8-9,12-13H2,1H3,(H,26,28)/b6-2+/t14-/m0/s1. The number of aromatic nitrogens is 1. The van der Waals surface area contributed by atoms with E-state index in [1.165, 1.54) is 24.2 Å². The van der Waals surface area contributed by atoms with Gasteiger partial charge in [-0.25, -0.2) is 4.98 Å². The van der Waals surface area contributed by atoms with E-state index in [4.69, 9.17) is 21.1 Å². The van der Waals surface area contributed by atoms with E-state index in [1.807, 2.05) is 25.1 Å². The van der Waals surface area contributed by atoms with Crippen LogP contribution >= 0.6 is 34.7 Å². The number of hydrogen-bond donors (Lipinski definition) is 1. The lowest BCUT2D eigenvalue weighted by Gasteiger charge is -2.14. The molecule has 11 heteroatoms. The zero-order valence-corrected chi connectivity index (χ0v) is 20.9. The van der Waals surface area contributed by atoms with Crippen LogP contribution in [-0.4, -0.2) is 51.9 Å². The summed E-state index contributed by atoms with van der Waals surface area (Å²) in [5.41, 5.74) is 0. The first-order valence-corrected chi connectivity index (χ1v) is 13.1. The van der Waals surface area contributed by atoms with Gasteiger partial charge in [0.2, 0.25) is 11.8 Å². The summed E-state index contributed by atoms with van der Waals surface area (Å²) in [6.45, 7) is 2.65. The topological polar surface area (TPSA) is 97.8 Å². The number of rotatable bonds is 11. The van der Waals surface area contributed by atoms with E-state index in [9.17, 15) is 14.4 Å². The third-order valence-corrected chi connectivity index (χ3v) is 7.12. The number of nitrogens with one attached hydrogen (secondary N) is 1. The third kappa shape index (κ3) is 6.97. The first kappa shape index (κ1) is 24.6. The second kappa shape index (κ2) is 11.2. The average molecular weight is 522 g/mol. The van der Waals surface area contributed by atoms with Crippen molar-refractivity contribution >= 4 is 57.8 Å². The van der Waals surface area contributed by atoms with E-state index in [0.29, 0.717) is 28.5 Å². The molecular weight excluding hydrogens is 498 g/mol. The lowest BCUT2D eigenvalue weighted by Crippen LogP contribution is -2.36. The van der Waals surface area contributed by atoms with Crippen molar-refractivity contribution < 1.29 is 23.9 Å². The molecule has 0 radical (unpaired) electrons. The fourth-order valence-corrected chi connectivity index (χ4v) is 4.72. The monoisotopic (exact) mass is 521 g/mol. The molecule has 1 aliphatic heterocycles. The molecule has 34 heavy (non-hydrogen) atoms. The van der Waals surface area contributed by atoms with Crippen LogP contribution in [0.5, 0.6) is 16.7 Å². The number of amides is 3. The summed E-state index contributed by atoms with van der Waals surface area (Å²) in [5.74, 6) is 1.55. The Labute approximate surface area is 210 Å². The van der Waals surface area contributed by atoms with Crippen LogP contribution in [0.15, 0.2) is 30.5 Å². The van der Waals surface area contributed by atoms with Crippen LogP contribution in [0.1, 0.15) is 31.1 Å². The zero-order chi connectivity index (χ0) is 24.1. The highest BCUT2D eigenvalue weighted by molar-refractivity contribution is 8.14. The number of halogens is 1. The van der Waals surface area contributed by atoms with E-state index in [1.54, 1.807) is 18.3 Å². The van der Waals surface area contributed by atoms with Crippen LogP contribution in [0.4, 0.5) is 4.79 Å². The number of hydrogen-bond acceptors (Lipinski definition) is 8. The van der Waals surface area contributed by atoms with Crippen molar-refractivity contribution in [1.29, 1.82) is 0 Å². The second-order valence-electron chi connectivity index (χ2n) is 8.04. The van der Waals surface area contributed by atoms with Crippen molar-refractivity contribution in [3.63, 3.8) is 0 Å². The fourth-order valence-electron chi connectivity index (χ4n) is 3.06. The van der Waals surface area contributed by atoms with Gasteiger partial charge in [-0.3, -0.25) is 19.3 Å². The highest BCUT2D eigenvalue weighted by Crippen LogP contribution is 2.35. The van der Waals surface area contributed by atoms with Crippen molar-refractivity contribution in [2.45, 2.75) is 32.2 Å². The van der Waals surface area contributed by atoms with Crippen molar-refractivity contribution in [1.82, 2.24) is 15.2 Å². The van der Waals surface area contributed by atoms with Gasteiger partial charge in [-0.1, -0.05) is 40.8 Å². The highest BCUT2D eigenvalue weighted by atomic mass is 35.5. The molecule has 0 spiro atoms. The van der Waals surface area contributed by atoms with Crippen LogP contribution in [0.2, 0.25) is 5.02 Å². The van der Waals surface area contributed by atoms with Gasteiger partial charge in [0.25, 0.3) is 10.4 Å². The summed E-state index contributed by atoms with van der Waals surface area (Å²) < 4.78 is 11.5. The number of imide groups is 1. The van der Waals surface area contributed by atoms with E-state index in [0.717, 1.165) is 27.3 Å². The molecule has 1 aromatic heterocycles. The molecule has 1 aliphatic carbocycles. The Morgan fingerprint density at radius 1 is 1.38 bits per heavy atom. The van der Waals surface area contributed by atoms with Gasteiger partial charge in [-0.15, -0.1) is 0 Å². The number of thiazole rings is 1. The Hall–Kier alpha value is -2.56. The van der Waals surface area contributed by atoms with Crippen molar-refractivity contribution in [2.75, 3.05) is 18.9 Å². The Morgan fingerprint density at radius 2 is 2.21 bits per heavy atom. The largest absolute Gasteiger partial charge is 0.493 e. The van der Waals surface area contributed by atoms with E-state index < -0.39 is 0 Å². The third-order valence-electron chi connectivity index (χ3n) is 5.13. The van der Waals surface area contributed by atoms with Gasteiger partial charge >= 0.3 is 0 Å². The Bertz CT molecular complexity index is 1090. The Kier molecular flexibility index (Phi) is 8.12. The Balaban J connectivity index is 1.23. The predicted octanol–water partition coefficient (Wildman–Crippen LogP) is 4.98. The van der Waals surface area contributed by atoms with Crippen LogP contribution < -0.4 is 14.8 Å². The van der Waals surface area contributed by atoms with Crippen LogP contribution in [0.25, 0.3) is 6.08 Å².